The van der Waals surface area contributed by atoms with Crippen LogP contribution in [0.3, 0.4) is 0 Å². The van der Waals surface area contributed by atoms with Gasteiger partial charge < -0.3 is 15.8 Å². The summed E-state index contributed by atoms with van der Waals surface area (Å²) in [6.45, 7) is 2.55. The minimum atomic E-state index is -0.828. The molecule has 1 rings (SSSR count). The highest BCUT2D eigenvalue weighted by molar-refractivity contribution is 5.94. The SMILES string of the molecule is COc1cc(F)c(C(=O)NCC(C)CN)cc1F. The van der Waals surface area contributed by atoms with E-state index in [0.717, 1.165) is 12.1 Å². The molecule has 100 valence electrons. The van der Waals surface area contributed by atoms with Crippen LogP contribution in [-0.4, -0.2) is 26.1 Å². The maximum atomic E-state index is 13.5. The molecule has 4 nitrogen and oxygen atoms in total. The van der Waals surface area contributed by atoms with E-state index in [1.807, 2.05) is 6.92 Å². The van der Waals surface area contributed by atoms with E-state index in [0.29, 0.717) is 13.1 Å². The molecule has 0 radical (unpaired) electrons. The molecule has 1 aromatic rings. The second-order valence-electron chi connectivity index (χ2n) is 4.02. The number of ether oxygens (including phenoxy) is 1. The molecule has 1 amide bonds. The number of rotatable bonds is 5. The van der Waals surface area contributed by atoms with Crippen molar-refractivity contribution in [3.8, 4) is 5.75 Å². The van der Waals surface area contributed by atoms with Gasteiger partial charge in [-0.3, -0.25) is 4.79 Å². The van der Waals surface area contributed by atoms with Crippen LogP contribution in [-0.2, 0) is 0 Å². The summed E-state index contributed by atoms with van der Waals surface area (Å²) >= 11 is 0. The molecule has 0 spiro atoms. The lowest BCUT2D eigenvalue weighted by Crippen LogP contribution is -2.31. The minimum Gasteiger partial charge on any atom is -0.494 e. The monoisotopic (exact) mass is 258 g/mol. The molecule has 3 N–H and O–H groups in total. The molecule has 1 unspecified atom stereocenters. The Morgan fingerprint density at radius 2 is 2.11 bits per heavy atom. The predicted octanol–water partition coefficient (Wildman–Crippen LogP) is 1.30. The third-order valence-corrected chi connectivity index (χ3v) is 2.50. The first-order valence-electron chi connectivity index (χ1n) is 5.50. The van der Waals surface area contributed by atoms with Gasteiger partial charge in [0.05, 0.1) is 12.7 Å². The highest BCUT2D eigenvalue weighted by Crippen LogP contribution is 2.21. The molecule has 0 heterocycles. The molecule has 1 aromatic carbocycles. The van der Waals surface area contributed by atoms with E-state index in [-0.39, 0.29) is 17.2 Å². The van der Waals surface area contributed by atoms with Crippen LogP contribution in [0.1, 0.15) is 17.3 Å². The topological polar surface area (TPSA) is 64.3 Å². The third kappa shape index (κ3) is 3.40. The van der Waals surface area contributed by atoms with E-state index in [1.165, 1.54) is 7.11 Å². The molecule has 1 atom stereocenters. The molecular formula is C12H16F2N2O2. The van der Waals surface area contributed by atoms with Crippen LogP contribution >= 0.6 is 0 Å². The first-order chi connectivity index (χ1) is 8.49. The molecule has 0 aliphatic rings. The van der Waals surface area contributed by atoms with Gasteiger partial charge in [0.15, 0.2) is 11.6 Å². The standard InChI is InChI=1S/C12H16F2N2O2/c1-7(5-15)6-16-12(17)8-3-10(14)11(18-2)4-9(8)13/h3-4,7H,5-6,15H2,1-2H3,(H,16,17). The van der Waals surface area contributed by atoms with Crippen molar-refractivity contribution in [3.63, 3.8) is 0 Å². The van der Waals surface area contributed by atoms with Gasteiger partial charge in [-0.05, 0) is 18.5 Å². The molecule has 0 fully saturated rings. The Kier molecular flexibility index (Phi) is 5.03. The number of hydrogen-bond donors (Lipinski definition) is 2. The van der Waals surface area contributed by atoms with Gasteiger partial charge >= 0.3 is 0 Å². The van der Waals surface area contributed by atoms with Crippen LogP contribution in [0.15, 0.2) is 12.1 Å². The smallest absolute Gasteiger partial charge is 0.254 e. The average molecular weight is 258 g/mol. The van der Waals surface area contributed by atoms with Crippen LogP contribution in [0.4, 0.5) is 8.78 Å². The lowest BCUT2D eigenvalue weighted by Gasteiger charge is -2.11. The van der Waals surface area contributed by atoms with Crippen molar-refractivity contribution in [2.24, 2.45) is 11.7 Å². The van der Waals surface area contributed by atoms with Gasteiger partial charge in [-0.1, -0.05) is 6.92 Å². The van der Waals surface area contributed by atoms with Crippen molar-refractivity contribution in [2.45, 2.75) is 6.92 Å². The Hall–Kier alpha value is -1.69. The Morgan fingerprint density at radius 3 is 2.67 bits per heavy atom. The number of carbonyl (C=O) groups is 1. The Morgan fingerprint density at radius 1 is 1.44 bits per heavy atom. The number of benzene rings is 1. The van der Waals surface area contributed by atoms with Crippen LogP contribution in [0, 0.1) is 17.6 Å². The average Bonchev–Trinajstić information content (AvgIpc) is 2.37. The van der Waals surface area contributed by atoms with Crippen molar-refractivity contribution in [1.29, 1.82) is 0 Å². The fraction of sp³-hybridized carbons (Fsp3) is 0.417. The zero-order valence-electron chi connectivity index (χ0n) is 10.3. The maximum absolute atomic E-state index is 13.5. The first-order valence-corrected chi connectivity index (χ1v) is 5.50. The third-order valence-electron chi connectivity index (χ3n) is 2.50. The molecule has 0 aliphatic carbocycles. The van der Waals surface area contributed by atoms with E-state index >= 15 is 0 Å². The second-order valence-corrected chi connectivity index (χ2v) is 4.02. The quantitative estimate of drug-likeness (QED) is 0.836. The molecule has 0 aromatic heterocycles. The molecule has 0 aliphatic heterocycles. The normalized spacial score (nSPS) is 12.1. The lowest BCUT2D eigenvalue weighted by molar-refractivity contribution is 0.0944. The Balaban J connectivity index is 2.83. The zero-order valence-corrected chi connectivity index (χ0v) is 10.3. The molecule has 18 heavy (non-hydrogen) atoms. The lowest BCUT2D eigenvalue weighted by atomic mass is 10.1. The Labute approximate surface area is 104 Å². The van der Waals surface area contributed by atoms with Crippen molar-refractivity contribution >= 4 is 5.91 Å². The highest BCUT2D eigenvalue weighted by atomic mass is 19.1. The number of amides is 1. The minimum absolute atomic E-state index is 0.0695. The van der Waals surface area contributed by atoms with Gasteiger partial charge in [-0.2, -0.15) is 0 Å². The summed E-state index contributed by atoms with van der Waals surface area (Å²) in [6, 6.07) is 1.66. The van der Waals surface area contributed by atoms with Crippen molar-refractivity contribution in [1.82, 2.24) is 5.32 Å². The molecule has 6 heteroatoms. The summed E-state index contributed by atoms with van der Waals surface area (Å²) in [5, 5.41) is 2.49. The Bertz CT molecular complexity index is 438. The first kappa shape index (κ1) is 14.4. The predicted molar refractivity (Wildman–Crippen MR) is 63.5 cm³/mol. The van der Waals surface area contributed by atoms with Crippen LogP contribution in [0.25, 0.3) is 0 Å². The summed E-state index contributed by atoms with van der Waals surface area (Å²) < 4.78 is 31.5. The van der Waals surface area contributed by atoms with Gasteiger partial charge in [-0.25, -0.2) is 8.78 Å². The second kappa shape index (κ2) is 6.30. The summed E-state index contributed by atoms with van der Waals surface area (Å²) in [5.41, 5.74) is 5.04. The summed E-state index contributed by atoms with van der Waals surface area (Å²) in [5.74, 6) is -2.45. The van der Waals surface area contributed by atoms with Crippen molar-refractivity contribution < 1.29 is 18.3 Å². The number of nitrogens with two attached hydrogens (primary N) is 1. The summed E-state index contributed by atoms with van der Waals surface area (Å²) in [7, 11) is 1.22. The molecule has 0 saturated carbocycles. The van der Waals surface area contributed by atoms with Gasteiger partial charge in [0, 0.05) is 12.6 Å². The van der Waals surface area contributed by atoms with E-state index in [1.54, 1.807) is 0 Å². The number of methoxy groups -OCH3 is 1. The van der Waals surface area contributed by atoms with E-state index in [4.69, 9.17) is 5.73 Å². The van der Waals surface area contributed by atoms with E-state index in [9.17, 15) is 13.6 Å². The van der Waals surface area contributed by atoms with E-state index in [2.05, 4.69) is 10.1 Å². The fourth-order valence-electron chi connectivity index (χ4n) is 1.30. The number of halogens is 2. The molecule has 0 bridgehead atoms. The summed E-state index contributed by atoms with van der Waals surface area (Å²) in [6.07, 6.45) is 0. The summed E-state index contributed by atoms with van der Waals surface area (Å²) in [4.78, 5) is 11.6. The number of hydrogen-bond acceptors (Lipinski definition) is 3. The van der Waals surface area contributed by atoms with Gasteiger partial charge in [0.1, 0.15) is 5.82 Å². The van der Waals surface area contributed by atoms with Crippen molar-refractivity contribution in [3.05, 3.63) is 29.3 Å². The number of nitrogens with one attached hydrogen (secondary N) is 1. The highest BCUT2D eigenvalue weighted by Gasteiger charge is 2.16. The molecular weight excluding hydrogens is 242 g/mol. The van der Waals surface area contributed by atoms with E-state index < -0.39 is 17.5 Å². The van der Waals surface area contributed by atoms with Gasteiger partial charge in [0.25, 0.3) is 5.91 Å². The fourth-order valence-corrected chi connectivity index (χ4v) is 1.30. The van der Waals surface area contributed by atoms with Crippen LogP contribution < -0.4 is 15.8 Å². The largest absolute Gasteiger partial charge is 0.494 e. The van der Waals surface area contributed by atoms with Crippen LogP contribution in [0.5, 0.6) is 5.75 Å². The number of carbonyl (C=O) groups excluding carboxylic acids is 1. The van der Waals surface area contributed by atoms with Gasteiger partial charge in [0.2, 0.25) is 0 Å². The van der Waals surface area contributed by atoms with Crippen molar-refractivity contribution in [2.75, 3.05) is 20.2 Å². The van der Waals surface area contributed by atoms with Crippen LogP contribution in [0.2, 0.25) is 0 Å². The maximum Gasteiger partial charge on any atom is 0.254 e. The molecule has 0 saturated heterocycles. The van der Waals surface area contributed by atoms with Gasteiger partial charge in [-0.15, -0.1) is 0 Å². The zero-order chi connectivity index (χ0) is 13.7.